The van der Waals surface area contributed by atoms with Gasteiger partial charge < -0.3 is 10.5 Å². The second-order valence-electron chi connectivity index (χ2n) is 7.11. The second kappa shape index (κ2) is 7.88. The van der Waals surface area contributed by atoms with Crippen molar-refractivity contribution in [3.63, 3.8) is 0 Å². The lowest BCUT2D eigenvalue weighted by Gasteiger charge is -2.34. The third-order valence-electron chi connectivity index (χ3n) is 5.25. The third kappa shape index (κ3) is 3.86. The van der Waals surface area contributed by atoms with Crippen LogP contribution in [0.25, 0.3) is 5.69 Å². The predicted octanol–water partition coefficient (Wildman–Crippen LogP) is 2.55. The molecule has 7 nitrogen and oxygen atoms in total. The summed E-state index contributed by atoms with van der Waals surface area (Å²) >= 11 is 1.59. The first kappa shape index (κ1) is 19.5. The Kier molecular flexibility index (Phi) is 5.29. The van der Waals surface area contributed by atoms with Crippen molar-refractivity contribution in [1.29, 1.82) is 0 Å². The van der Waals surface area contributed by atoms with E-state index in [9.17, 15) is 9.59 Å². The Hall–Kier alpha value is -2.84. The lowest BCUT2D eigenvalue weighted by molar-refractivity contribution is -0.127. The first-order valence-corrected chi connectivity index (χ1v) is 10.2. The van der Waals surface area contributed by atoms with E-state index in [1.165, 1.54) is 4.68 Å². The molecule has 1 amide bonds. The maximum Gasteiger partial charge on any atom is 0.348 e. The molecular weight excluding hydrogens is 388 g/mol. The number of carbonyl (C=O) groups excluding carboxylic acids is 1. The van der Waals surface area contributed by atoms with E-state index in [1.54, 1.807) is 18.7 Å². The SMILES string of the molecule is Cc1nn(-c2ccc(Sc3cccc(C4(C(N)=O)CCOCC4)c3)cc2)c(=O)[nH]1. The molecule has 0 spiro atoms. The number of primary amides is 1. The zero-order chi connectivity index (χ0) is 20.4. The van der Waals surface area contributed by atoms with Crippen LogP contribution in [0.4, 0.5) is 0 Å². The summed E-state index contributed by atoms with van der Waals surface area (Å²) in [5, 5.41) is 4.17. The summed E-state index contributed by atoms with van der Waals surface area (Å²) in [6.07, 6.45) is 1.20. The minimum absolute atomic E-state index is 0.260. The van der Waals surface area contributed by atoms with Gasteiger partial charge in [0.05, 0.1) is 11.1 Å². The summed E-state index contributed by atoms with van der Waals surface area (Å²) in [5.74, 6) is 0.272. The topological polar surface area (TPSA) is 103 Å². The number of benzene rings is 2. The van der Waals surface area contributed by atoms with Crippen LogP contribution in [-0.2, 0) is 14.9 Å². The number of aryl methyl sites for hydroxylation is 1. The van der Waals surface area contributed by atoms with Gasteiger partial charge in [0.1, 0.15) is 5.82 Å². The molecule has 3 N–H and O–H groups in total. The van der Waals surface area contributed by atoms with Gasteiger partial charge in [-0.3, -0.25) is 9.78 Å². The average Bonchev–Trinajstić information content (AvgIpc) is 3.07. The van der Waals surface area contributed by atoms with Crippen LogP contribution in [0, 0.1) is 6.92 Å². The van der Waals surface area contributed by atoms with Crippen molar-refractivity contribution in [3.05, 3.63) is 70.4 Å². The number of carbonyl (C=O) groups is 1. The fraction of sp³-hybridized carbons (Fsp3) is 0.286. The van der Waals surface area contributed by atoms with Gasteiger partial charge in [-0.1, -0.05) is 23.9 Å². The van der Waals surface area contributed by atoms with Gasteiger partial charge in [0, 0.05) is 23.0 Å². The molecule has 150 valence electrons. The molecule has 0 aliphatic carbocycles. The summed E-state index contributed by atoms with van der Waals surface area (Å²) in [5.41, 5.74) is 6.50. The molecule has 1 aromatic heterocycles. The summed E-state index contributed by atoms with van der Waals surface area (Å²) < 4.78 is 6.77. The Balaban J connectivity index is 1.57. The van der Waals surface area contributed by atoms with E-state index in [0.717, 1.165) is 15.4 Å². The van der Waals surface area contributed by atoms with E-state index >= 15 is 0 Å². The molecule has 1 saturated heterocycles. The highest BCUT2D eigenvalue weighted by Crippen LogP contribution is 2.37. The van der Waals surface area contributed by atoms with Crippen molar-refractivity contribution in [1.82, 2.24) is 14.8 Å². The molecule has 0 saturated carbocycles. The number of H-pyrrole nitrogens is 1. The van der Waals surface area contributed by atoms with Gasteiger partial charge in [0.2, 0.25) is 5.91 Å². The lowest BCUT2D eigenvalue weighted by atomic mass is 9.73. The quantitative estimate of drug-likeness (QED) is 0.673. The van der Waals surface area contributed by atoms with Gasteiger partial charge in [-0.2, -0.15) is 9.78 Å². The number of hydrogen-bond acceptors (Lipinski definition) is 5. The number of nitrogens with one attached hydrogen (secondary N) is 1. The molecule has 2 aromatic carbocycles. The predicted molar refractivity (Wildman–Crippen MR) is 110 cm³/mol. The minimum Gasteiger partial charge on any atom is -0.381 e. The molecule has 1 aliphatic rings. The molecule has 4 rings (SSSR count). The van der Waals surface area contributed by atoms with E-state index in [2.05, 4.69) is 10.1 Å². The van der Waals surface area contributed by atoms with Crippen molar-refractivity contribution in [2.24, 2.45) is 5.73 Å². The summed E-state index contributed by atoms with van der Waals surface area (Å²) in [4.78, 5) is 28.9. The zero-order valence-corrected chi connectivity index (χ0v) is 16.9. The number of ether oxygens (including phenoxy) is 1. The first-order valence-electron chi connectivity index (χ1n) is 9.40. The van der Waals surface area contributed by atoms with Crippen molar-refractivity contribution >= 4 is 17.7 Å². The number of nitrogens with two attached hydrogens (primary N) is 1. The molecule has 1 fully saturated rings. The molecule has 3 aromatic rings. The Morgan fingerprint density at radius 2 is 1.90 bits per heavy atom. The number of rotatable bonds is 5. The number of aromatic nitrogens is 3. The molecule has 0 unspecified atom stereocenters. The van der Waals surface area contributed by atoms with Crippen LogP contribution in [0.3, 0.4) is 0 Å². The highest BCUT2D eigenvalue weighted by atomic mass is 32.2. The van der Waals surface area contributed by atoms with Crippen LogP contribution >= 0.6 is 11.8 Å². The lowest BCUT2D eigenvalue weighted by Crippen LogP contribution is -2.45. The van der Waals surface area contributed by atoms with Crippen molar-refractivity contribution in [3.8, 4) is 5.69 Å². The second-order valence-corrected chi connectivity index (χ2v) is 8.26. The van der Waals surface area contributed by atoms with Crippen LogP contribution in [0.1, 0.15) is 24.2 Å². The van der Waals surface area contributed by atoms with Gasteiger partial charge >= 0.3 is 5.69 Å². The highest BCUT2D eigenvalue weighted by molar-refractivity contribution is 7.99. The fourth-order valence-corrected chi connectivity index (χ4v) is 4.53. The standard InChI is InChI=1S/C21H22N4O3S/c1-14-23-20(27)25(24-14)16-5-7-17(8-6-16)29-18-4-2-3-15(13-18)21(19(22)26)9-11-28-12-10-21/h2-8,13H,9-12H2,1H3,(H2,22,26)(H,23,24,27). The van der Waals surface area contributed by atoms with Crippen LogP contribution in [-0.4, -0.2) is 33.9 Å². The summed E-state index contributed by atoms with van der Waals surface area (Å²) in [6.45, 7) is 2.81. The van der Waals surface area contributed by atoms with E-state index in [1.807, 2.05) is 48.5 Å². The third-order valence-corrected chi connectivity index (χ3v) is 6.25. The smallest absolute Gasteiger partial charge is 0.348 e. The minimum atomic E-state index is -0.669. The Bertz CT molecular complexity index is 1080. The number of aromatic amines is 1. The van der Waals surface area contributed by atoms with E-state index in [0.29, 0.717) is 37.6 Å². The number of nitrogens with zero attached hydrogens (tertiary/aromatic N) is 2. The van der Waals surface area contributed by atoms with E-state index in [4.69, 9.17) is 10.5 Å². The molecular formula is C21H22N4O3S. The maximum atomic E-state index is 12.3. The van der Waals surface area contributed by atoms with Crippen molar-refractivity contribution in [2.45, 2.75) is 35.0 Å². The van der Waals surface area contributed by atoms with Gasteiger partial charge in [-0.25, -0.2) is 4.79 Å². The van der Waals surface area contributed by atoms with E-state index < -0.39 is 5.41 Å². The molecule has 1 aliphatic heterocycles. The Morgan fingerprint density at radius 1 is 1.17 bits per heavy atom. The average molecular weight is 410 g/mol. The molecule has 8 heteroatoms. The Labute approximate surface area is 172 Å². The van der Waals surface area contributed by atoms with Crippen LogP contribution < -0.4 is 11.4 Å². The van der Waals surface area contributed by atoms with Crippen molar-refractivity contribution < 1.29 is 9.53 Å². The normalized spacial score (nSPS) is 15.9. The van der Waals surface area contributed by atoms with Crippen LogP contribution in [0.5, 0.6) is 0 Å². The molecule has 0 atom stereocenters. The van der Waals surface area contributed by atoms with Gasteiger partial charge in [-0.05, 0) is 61.7 Å². The molecule has 29 heavy (non-hydrogen) atoms. The molecule has 0 radical (unpaired) electrons. The van der Waals surface area contributed by atoms with Crippen molar-refractivity contribution in [2.75, 3.05) is 13.2 Å². The van der Waals surface area contributed by atoms with Gasteiger partial charge in [0.15, 0.2) is 0 Å². The fourth-order valence-electron chi connectivity index (χ4n) is 3.65. The highest BCUT2D eigenvalue weighted by Gasteiger charge is 2.40. The number of hydrogen-bond donors (Lipinski definition) is 2. The largest absolute Gasteiger partial charge is 0.381 e. The van der Waals surface area contributed by atoms with Crippen LogP contribution in [0.15, 0.2) is 63.1 Å². The van der Waals surface area contributed by atoms with E-state index in [-0.39, 0.29) is 11.6 Å². The Morgan fingerprint density at radius 3 is 2.52 bits per heavy atom. The maximum absolute atomic E-state index is 12.3. The number of amides is 1. The summed E-state index contributed by atoms with van der Waals surface area (Å²) in [7, 11) is 0. The van der Waals surface area contributed by atoms with Crippen LogP contribution in [0.2, 0.25) is 0 Å². The van der Waals surface area contributed by atoms with Gasteiger partial charge in [-0.15, -0.1) is 0 Å². The molecule has 2 heterocycles. The van der Waals surface area contributed by atoms with Gasteiger partial charge in [0.25, 0.3) is 0 Å². The summed E-state index contributed by atoms with van der Waals surface area (Å²) in [6, 6.07) is 15.6. The monoisotopic (exact) mass is 410 g/mol. The first-order chi connectivity index (χ1) is 14.0. The zero-order valence-electron chi connectivity index (χ0n) is 16.1. The molecule has 0 bridgehead atoms.